The fourth-order valence-electron chi connectivity index (χ4n) is 4.12. The third kappa shape index (κ3) is 6.62. The van der Waals surface area contributed by atoms with E-state index in [-0.39, 0.29) is 12.6 Å². The van der Waals surface area contributed by atoms with Gasteiger partial charge in [0, 0.05) is 38.3 Å². The van der Waals surface area contributed by atoms with Gasteiger partial charge in [-0.1, -0.05) is 47.6 Å². The first-order chi connectivity index (χ1) is 17.5. The van der Waals surface area contributed by atoms with E-state index in [1.165, 1.54) is 0 Å². The van der Waals surface area contributed by atoms with Crippen LogP contribution in [0.25, 0.3) is 0 Å². The van der Waals surface area contributed by atoms with Gasteiger partial charge < -0.3 is 30.8 Å². The van der Waals surface area contributed by atoms with Crippen LogP contribution in [0.2, 0.25) is 0 Å². The van der Waals surface area contributed by atoms with Crippen LogP contribution in [-0.2, 0) is 20.8 Å². The van der Waals surface area contributed by atoms with Gasteiger partial charge in [0.25, 0.3) is 0 Å². The zero-order chi connectivity index (χ0) is 25.3. The molecular weight excluding hydrogens is 458 g/mol. The van der Waals surface area contributed by atoms with Gasteiger partial charge in [-0.15, -0.1) is 0 Å². The summed E-state index contributed by atoms with van der Waals surface area (Å²) in [6.07, 6.45) is 2.24. The van der Waals surface area contributed by atoms with Crippen LogP contribution in [0.3, 0.4) is 0 Å². The summed E-state index contributed by atoms with van der Waals surface area (Å²) in [5.41, 5.74) is 16.5. The van der Waals surface area contributed by atoms with Crippen LogP contribution < -0.4 is 21.3 Å². The molecule has 1 aromatic heterocycles. The van der Waals surface area contributed by atoms with E-state index in [2.05, 4.69) is 24.9 Å². The monoisotopic (exact) mass is 489 g/mol. The average Bonchev–Trinajstić information content (AvgIpc) is 2.87. The zero-order valence-electron chi connectivity index (χ0n) is 20.3. The molecule has 4 rings (SSSR count). The van der Waals surface area contributed by atoms with E-state index in [0.717, 1.165) is 54.4 Å². The van der Waals surface area contributed by atoms with Gasteiger partial charge in [-0.05, 0) is 30.2 Å². The minimum absolute atomic E-state index is 0.195. The number of benzene rings is 2. The number of carbonyl (C=O) groups is 1. The van der Waals surface area contributed by atoms with Gasteiger partial charge in [-0.25, -0.2) is 9.78 Å². The summed E-state index contributed by atoms with van der Waals surface area (Å²) in [5, 5.41) is 3.88. The van der Waals surface area contributed by atoms with Crippen molar-refractivity contribution < 1.29 is 14.4 Å². The van der Waals surface area contributed by atoms with Crippen LogP contribution in [0.15, 0.2) is 59.8 Å². The number of aromatic nitrogens is 2. The molecule has 1 saturated heterocycles. The Labute approximate surface area is 210 Å². The molecule has 0 saturated carbocycles. The quantitative estimate of drug-likeness (QED) is 0.264. The van der Waals surface area contributed by atoms with Gasteiger partial charge >= 0.3 is 5.97 Å². The van der Waals surface area contributed by atoms with Crippen molar-refractivity contribution in [3.8, 4) is 0 Å². The number of nitrogen functional groups attached to an aromatic ring is 2. The van der Waals surface area contributed by atoms with Gasteiger partial charge in [0.15, 0.2) is 5.82 Å². The Morgan fingerprint density at radius 1 is 1.00 bits per heavy atom. The second kappa shape index (κ2) is 11.9. The van der Waals surface area contributed by atoms with Gasteiger partial charge in [0.2, 0.25) is 12.6 Å². The molecule has 3 aromatic rings. The molecule has 0 atom stereocenters. The number of esters is 1. The topological polar surface area (TPSA) is 132 Å². The van der Waals surface area contributed by atoms with Crippen molar-refractivity contribution >= 4 is 35.3 Å². The van der Waals surface area contributed by atoms with E-state index < -0.39 is 5.97 Å². The Morgan fingerprint density at radius 3 is 2.39 bits per heavy atom. The molecule has 0 aliphatic carbocycles. The molecule has 0 bridgehead atoms. The number of hydrogen-bond donors (Lipinski definition) is 2. The lowest BCUT2D eigenvalue weighted by Gasteiger charge is -2.38. The Morgan fingerprint density at radius 2 is 1.69 bits per heavy atom. The van der Waals surface area contributed by atoms with Gasteiger partial charge in [-0.3, -0.25) is 0 Å². The standard InChI is InChI=1S/C26H31N7O3/c1-19-24(25(27)31-26(28)30-19)33-14-12-32(13-15-33)22-9-7-21(8-10-22)17-29-36-18-23(34)35-16-11-20-5-3-2-4-6-20/h2-10,17H,11-16,18H2,1H3,(H4,27,28,30,31)/b29-17+. The summed E-state index contributed by atoms with van der Waals surface area (Å²) in [6, 6.07) is 17.9. The van der Waals surface area contributed by atoms with Crippen LogP contribution in [0.4, 0.5) is 23.1 Å². The molecule has 36 heavy (non-hydrogen) atoms. The maximum absolute atomic E-state index is 11.8. The fourth-order valence-corrected chi connectivity index (χ4v) is 4.12. The number of aryl methyl sites for hydroxylation is 1. The van der Waals surface area contributed by atoms with Crippen LogP contribution >= 0.6 is 0 Å². The van der Waals surface area contributed by atoms with E-state index in [1.54, 1.807) is 6.21 Å². The first-order valence-corrected chi connectivity index (χ1v) is 11.8. The second-order valence-electron chi connectivity index (χ2n) is 8.43. The van der Waals surface area contributed by atoms with E-state index in [0.29, 0.717) is 18.8 Å². The normalized spacial score (nSPS) is 13.7. The average molecular weight is 490 g/mol. The predicted molar refractivity (Wildman–Crippen MR) is 141 cm³/mol. The van der Waals surface area contributed by atoms with Crippen molar-refractivity contribution in [1.82, 2.24) is 9.97 Å². The Hall–Kier alpha value is -4.34. The highest BCUT2D eigenvalue weighted by atomic mass is 16.6. The van der Waals surface area contributed by atoms with Crippen molar-refractivity contribution in [2.24, 2.45) is 5.16 Å². The summed E-state index contributed by atoms with van der Waals surface area (Å²) in [6.45, 7) is 5.27. The van der Waals surface area contributed by atoms with Gasteiger partial charge in [0.05, 0.1) is 18.5 Å². The molecule has 1 fully saturated rings. The molecular formula is C26H31N7O3. The molecule has 188 valence electrons. The van der Waals surface area contributed by atoms with Crippen LogP contribution in [0, 0.1) is 6.92 Å². The molecule has 2 heterocycles. The molecule has 0 spiro atoms. The molecule has 1 aliphatic heterocycles. The molecule has 1 aliphatic rings. The summed E-state index contributed by atoms with van der Waals surface area (Å²) in [5.74, 6) is 0.167. The lowest BCUT2D eigenvalue weighted by atomic mass is 10.2. The number of carbonyl (C=O) groups excluding carboxylic acids is 1. The third-order valence-electron chi connectivity index (χ3n) is 5.91. The highest BCUT2D eigenvalue weighted by molar-refractivity contribution is 5.80. The van der Waals surface area contributed by atoms with Gasteiger partial charge in [-0.2, -0.15) is 4.98 Å². The first kappa shape index (κ1) is 24.8. The highest BCUT2D eigenvalue weighted by Crippen LogP contribution is 2.27. The van der Waals surface area contributed by atoms with Gasteiger partial charge in [0.1, 0.15) is 5.69 Å². The first-order valence-electron chi connectivity index (χ1n) is 11.8. The number of anilines is 4. The number of piperazine rings is 1. The number of rotatable bonds is 9. The van der Waals surface area contributed by atoms with E-state index in [4.69, 9.17) is 21.0 Å². The minimum Gasteiger partial charge on any atom is -0.463 e. The molecule has 10 nitrogen and oxygen atoms in total. The second-order valence-corrected chi connectivity index (χ2v) is 8.43. The maximum atomic E-state index is 11.8. The minimum atomic E-state index is -0.444. The predicted octanol–water partition coefficient (Wildman–Crippen LogP) is 2.41. The van der Waals surface area contributed by atoms with E-state index in [1.807, 2.05) is 61.5 Å². The maximum Gasteiger partial charge on any atom is 0.347 e. The van der Waals surface area contributed by atoms with Crippen LogP contribution in [-0.4, -0.2) is 61.5 Å². The van der Waals surface area contributed by atoms with Crippen molar-refractivity contribution in [2.45, 2.75) is 13.3 Å². The molecule has 0 amide bonds. The number of nitrogens with zero attached hydrogens (tertiary/aromatic N) is 5. The Bertz CT molecular complexity index is 1150. The zero-order valence-corrected chi connectivity index (χ0v) is 20.3. The summed E-state index contributed by atoms with van der Waals surface area (Å²) < 4.78 is 5.17. The Balaban J connectivity index is 1.19. The van der Waals surface area contributed by atoms with E-state index in [9.17, 15) is 4.79 Å². The molecule has 0 unspecified atom stereocenters. The number of ether oxygens (including phenoxy) is 1. The molecule has 0 radical (unpaired) electrons. The molecule has 4 N–H and O–H groups in total. The smallest absolute Gasteiger partial charge is 0.347 e. The van der Waals surface area contributed by atoms with Crippen molar-refractivity contribution in [3.05, 3.63) is 71.4 Å². The van der Waals surface area contributed by atoms with E-state index >= 15 is 0 Å². The summed E-state index contributed by atoms with van der Waals surface area (Å²) >= 11 is 0. The largest absolute Gasteiger partial charge is 0.463 e. The lowest BCUT2D eigenvalue weighted by Crippen LogP contribution is -2.47. The van der Waals surface area contributed by atoms with Crippen LogP contribution in [0.5, 0.6) is 0 Å². The third-order valence-corrected chi connectivity index (χ3v) is 5.91. The molecule has 2 aromatic carbocycles. The summed E-state index contributed by atoms with van der Waals surface area (Å²) in [4.78, 5) is 29.7. The highest BCUT2D eigenvalue weighted by Gasteiger charge is 2.22. The summed E-state index contributed by atoms with van der Waals surface area (Å²) in [7, 11) is 0. The van der Waals surface area contributed by atoms with Crippen molar-refractivity contribution in [1.29, 1.82) is 0 Å². The van der Waals surface area contributed by atoms with Crippen molar-refractivity contribution in [2.75, 3.05) is 60.7 Å². The fraction of sp³-hybridized carbons (Fsp3) is 0.308. The molecule has 10 heteroatoms. The lowest BCUT2D eigenvalue weighted by molar-refractivity contribution is -0.148. The number of hydrogen-bond acceptors (Lipinski definition) is 10. The van der Waals surface area contributed by atoms with Crippen molar-refractivity contribution in [3.63, 3.8) is 0 Å². The number of oxime groups is 1. The number of nitrogens with two attached hydrogens (primary N) is 2. The SMILES string of the molecule is Cc1nc(N)nc(N)c1N1CCN(c2ccc(/C=N/OCC(=O)OCCc3ccccc3)cc2)CC1. The van der Waals surface area contributed by atoms with Crippen LogP contribution in [0.1, 0.15) is 16.8 Å². The Kier molecular flexibility index (Phi) is 8.17.